The van der Waals surface area contributed by atoms with Crippen LogP contribution >= 0.6 is 0 Å². The first-order valence-electron chi connectivity index (χ1n) is 9.07. The van der Waals surface area contributed by atoms with E-state index >= 15 is 0 Å². The fourth-order valence-corrected chi connectivity index (χ4v) is 2.66. The zero-order valence-electron chi connectivity index (χ0n) is 14.1. The van der Waals surface area contributed by atoms with E-state index in [1.54, 1.807) is 0 Å². The Morgan fingerprint density at radius 1 is 0.474 bits per heavy atom. The summed E-state index contributed by atoms with van der Waals surface area (Å²) in [5.41, 5.74) is 0. The molecule has 0 fully saturated rings. The van der Waals surface area contributed by atoms with Crippen molar-refractivity contribution in [2.45, 2.75) is 97.8 Å². The van der Waals surface area contributed by atoms with Crippen LogP contribution in [0.15, 0.2) is 0 Å². The Labute approximate surface area is 123 Å². The molecule has 0 aromatic carbocycles. The molecule has 0 N–H and O–H groups in total. The van der Waals surface area contributed by atoms with Crippen LogP contribution in [-0.2, 0) is 0 Å². The summed E-state index contributed by atoms with van der Waals surface area (Å²) in [5, 5.41) is 0. The average Bonchev–Trinajstić information content (AvgIpc) is 2.44. The van der Waals surface area contributed by atoms with Crippen LogP contribution in [-0.4, -0.2) is 24.5 Å². The third-order valence-electron chi connectivity index (χ3n) is 4.10. The minimum atomic E-state index is 1.24. The number of hydrogen-bond acceptors (Lipinski definition) is 1. The van der Waals surface area contributed by atoms with Crippen molar-refractivity contribution in [3.8, 4) is 0 Å². The van der Waals surface area contributed by atoms with Gasteiger partial charge in [-0.1, -0.05) is 85.0 Å². The molecule has 0 rings (SSSR count). The van der Waals surface area contributed by atoms with Crippen LogP contribution in [0.3, 0.4) is 0 Å². The van der Waals surface area contributed by atoms with Crippen molar-refractivity contribution in [1.82, 2.24) is 4.90 Å². The maximum absolute atomic E-state index is 2.65. The molecule has 1 heteroatoms. The van der Waals surface area contributed by atoms with Gasteiger partial charge in [0.1, 0.15) is 0 Å². The van der Waals surface area contributed by atoms with E-state index in [4.69, 9.17) is 0 Å². The molecule has 0 aliphatic carbocycles. The van der Waals surface area contributed by atoms with Crippen molar-refractivity contribution >= 4 is 0 Å². The van der Waals surface area contributed by atoms with Gasteiger partial charge in [-0.25, -0.2) is 0 Å². The van der Waals surface area contributed by atoms with E-state index in [0.717, 1.165) is 0 Å². The lowest BCUT2D eigenvalue weighted by molar-refractivity contribution is 0.273. The first kappa shape index (κ1) is 19.0. The molecule has 0 bridgehead atoms. The van der Waals surface area contributed by atoms with Gasteiger partial charge in [0.15, 0.2) is 0 Å². The Bertz CT molecular complexity index is 156. The monoisotopic (exact) mass is 269 g/mol. The van der Waals surface area contributed by atoms with Crippen molar-refractivity contribution in [3.63, 3.8) is 0 Å². The maximum Gasteiger partial charge on any atom is -0.00189 e. The summed E-state index contributed by atoms with van der Waals surface area (Å²) in [6.45, 7) is 10.8. The molecule has 1 nitrogen and oxygen atoms in total. The molecule has 0 amide bonds. The predicted molar refractivity (Wildman–Crippen MR) is 88.9 cm³/mol. The van der Waals surface area contributed by atoms with Gasteiger partial charge in [-0.2, -0.15) is 0 Å². The van der Waals surface area contributed by atoms with Crippen molar-refractivity contribution in [1.29, 1.82) is 0 Å². The molecule has 0 unspecified atom stereocenters. The summed E-state index contributed by atoms with van der Waals surface area (Å²) in [7, 11) is 0. The predicted octanol–water partition coefficient (Wildman–Crippen LogP) is 6.03. The fraction of sp³-hybridized carbons (Fsp3) is 1.00. The van der Waals surface area contributed by atoms with E-state index in [1.165, 1.54) is 96.7 Å². The van der Waals surface area contributed by atoms with Crippen molar-refractivity contribution in [3.05, 3.63) is 0 Å². The van der Waals surface area contributed by atoms with Crippen LogP contribution in [0, 0.1) is 0 Å². The molecular formula is C18H39N. The summed E-state index contributed by atoms with van der Waals surface area (Å²) < 4.78 is 0. The molecule has 0 aliphatic rings. The summed E-state index contributed by atoms with van der Waals surface area (Å²) in [6, 6.07) is 0. The number of hydrogen-bond donors (Lipinski definition) is 0. The van der Waals surface area contributed by atoms with Gasteiger partial charge < -0.3 is 4.90 Å². The van der Waals surface area contributed by atoms with Crippen LogP contribution < -0.4 is 0 Å². The van der Waals surface area contributed by atoms with Gasteiger partial charge in [-0.15, -0.1) is 0 Å². The molecule has 0 aromatic heterocycles. The third kappa shape index (κ3) is 14.2. The number of rotatable bonds is 15. The molecule has 0 aliphatic heterocycles. The summed E-state index contributed by atoms with van der Waals surface area (Å²) in [5.74, 6) is 0. The molecular weight excluding hydrogens is 230 g/mol. The summed E-state index contributed by atoms with van der Waals surface area (Å²) in [4.78, 5) is 2.65. The van der Waals surface area contributed by atoms with Gasteiger partial charge in [-0.05, 0) is 32.5 Å². The molecule has 19 heavy (non-hydrogen) atoms. The Hall–Kier alpha value is -0.0400. The molecule has 116 valence electrons. The van der Waals surface area contributed by atoms with E-state index in [1.807, 2.05) is 0 Å². The van der Waals surface area contributed by atoms with E-state index in [9.17, 15) is 0 Å². The van der Waals surface area contributed by atoms with E-state index in [2.05, 4.69) is 25.7 Å². The first-order valence-corrected chi connectivity index (χ1v) is 9.07. The van der Waals surface area contributed by atoms with Gasteiger partial charge in [-0.3, -0.25) is 0 Å². The molecule has 0 spiro atoms. The second kappa shape index (κ2) is 16.0. The van der Waals surface area contributed by atoms with Crippen LogP contribution in [0.25, 0.3) is 0 Å². The van der Waals surface area contributed by atoms with Crippen molar-refractivity contribution in [2.24, 2.45) is 0 Å². The molecule has 0 heterocycles. The highest BCUT2D eigenvalue weighted by molar-refractivity contribution is 4.57. The zero-order chi connectivity index (χ0) is 14.2. The minimum Gasteiger partial charge on any atom is -0.304 e. The van der Waals surface area contributed by atoms with Gasteiger partial charge in [0, 0.05) is 0 Å². The molecule has 0 atom stereocenters. The van der Waals surface area contributed by atoms with Crippen molar-refractivity contribution < 1.29 is 0 Å². The SMILES string of the molecule is CCCCCCCCCN(CC)CCCCCCC. The van der Waals surface area contributed by atoms with Gasteiger partial charge in [0.05, 0.1) is 0 Å². The fourth-order valence-electron chi connectivity index (χ4n) is 2.66. The lowest BCUT2D eigenvalue weighted by atomic mass is 10.1. The third-order valence-corrected chi connectivity index (χ3v) is 4.10. The summed E-state index contributed by atoms with van der Waals surface area (Å²) >= 11 is 0. The quantitative estimate of drug-likeness (QED) is 0.328. The van der Waals surface area contributed by atoms with Gasteiger partial charge in [0.25, 0.3) is 0 Å². The highest BCUT2D eigenvalue weighted by Gasteiger charge is 2.01. The smallest absolute Gasteiger partial charge is 0.00189 e. The highest BCUT2D eigenvalue weighted by atomic mass is 15.1. The van der Waals surface area contributed by atoms with Crippen LogP contribution in [0.5, 0.6) is 0 Å². The Morgan fingerprint density at radius 2 is 0.842 bits per heavy atom. The number of nitrogens with zero attached hydrogens (tertiary/aromatic N) is 1. The largest absolute Gasteiger partial charge is 0.304 e. The molecule has 0 aromatic rings. The standard InChI is InChI=1S/C18H39N/c1-4-7-9-11-12-14-16-18-19(6-3)17-15-13-10-8-5-2/h4-18H2,1-3H3. The highest BCUT2D eigenvalue weighted by Crippen LogP contribution is 2.08. The van der Waals surface area contributed by atoms with Crippen LogP contribution in [0.1, 0.15) is 97.8 Å². The number of unbranched alkanes of at least 4 members (excludes halogenated alkanes) is 10. The average molecular weight is 270 g/mol. The van der Waals surface area contributed by atoms with Gasteiger partial charge in [0.2, 0.25) is 0 Å². The Balaban J connectivity index is 3.29. The van der Waals surface area contributed by atoms with Crippen LogP contribution in [0.2, 0.25) is 0 Å². The first-order chi connectivity index (χ1) is 9.35. The second-order valence-electron chi connectivity index (χ2n) is 5.97. The Kier molecular flexibility index (Phi) is 16.0. The normalized spacial score (nSPS) is 11.4. The lowest BCUT2D eigenvalue weighted by Crippen LogP contribution is -2.25. The van der Waals surface area contributed by atoms with Crippen LogP contribution in [0.4, 0.5) is 0 Å². The van der Waals surface area contributed by atoms with Gasteiger partial charge >= 0.3 is 0 Å². The zero-order valence-corrected chi connectivity index (χ0v) is 14.1. The second-order valence-corrected chi connectivity index (χ2v) is 5.97. The Morgan fingerprint density at radius 3 is 1.21 bits per heavy atom. The maximum atomic E-state index is 2.65. The van der Waals surface area contributed by atoms with E-state index in [0.29, 0.717) is 0 Å². The van der Waals surface area contributed by atoms with E-state index < -0.39 is 0 Å². The molecule has 0 saturated carbocycles. The van der Waals surface area contributed by atoms with Crippen molar-refractivity contribution in [2.75, 3.05) is 19.6 Å². The minimum absolute atomic E-state index is 1.24. The topological polar surface area (TPSA) is 3.24 Å². The lowest BCUT2D eigenvalue weighted by Gasteiger charge is -2.20. The molecule has 0 saturated heterocycles. The molecule has 0 radical (unpaired) electrons. The summed E-state index contributed by atoms with van der Waals surface area (Å²) in [6.07, 6.45) is 17.1. The van der Waals surface area contributed by atoms with E-state index in [-0.39, 0.29) is 0 Å².